The van der Waals surface area contributed by atoms with Crippen LogP contribution in [0.25, 0.3) is 0 Å². The molecular weight excluding hydrogens is 250 g/mol. The topological polar surface area (TPSA) is 32.3 Å². The number of nitrogens with zero attached hydrogens (tertiary/aromatic N) is 1. The number of nitrogens with one attached hydrogen (secondary N) is 1. The molecule has 1 heterocycles. The van der Waals surface area contributed by atoms with Gasteiger partial charge in [-0.1, -0.05) is 6.07 Å². The third-order valence-electron chi connectivity index (χ3n) is 3.56. The van der Waals surface area contributed by atoms with Gasteiger partial charge in [-0.25, -0.2) is 8.78 Å². The molecule has 0 aliphatic carbocycles. The van der Waals surface area contributed by atoms with Crippen molar-refractivity contribution in [1.29, 1.82) is 0 Å². The van der Waals surface area contributed by atoms with Gasteiger partial charge in [0, 0.05) is 25.2 Å². The highest BCUT2D eigenvalue weighted by Crippen LogP contribution is 2.21. The van der Waals surface area contributed by atoms with Crippen molar-refractivity contribution in [1.82, 2.24) is 10.2 Å². The van der Waals surface area contributed by atoms with Gasteiger partial charge >= 0.3 is 0 Å². The van der Waals surface area contributed by atoms with E-state index in [1.54, 1.807) is 4.90 Å². The molecule has 104 valence electrons. The quantitative estimate of drug-likeness (QED) is 0.846. The number of rotatable bonds is 1. The van der Waals surface area contributed by atoms with Gasteiger partial charge in [-0.05, 0) is 32.4 Å². The maximum absolute atomic E-state index is 14.0. The van der Waals surface area contributed by atoms with Crippen LogP contribution < -0.4 is 5.32 Å². The van der Waals surface area contributed by atoms with E-state index in [1.165, 1.54) is 13.0 Å². The Hall–Kier alpha value is -1.49. The third-order valence-corrected chi connectivity index (χ3v) is 3.56. The summed E-state index contributed by atoms with van der Waals surface area (Å²) in [5.74, 6) is -2.13. The highest BCUT2D eigenvalue weighted by molar-refractivity contribution is 5.95. The highest BCUT2D eigenvalue weighted by Gasteiger charge is 2.32. The number of amides is 1. The molecular formula is C14H18F2N2O. The Kier molecular flexibility index (Phi) is 3.85. The fourth-order valence-corrected chi connectivity index (χ4v) is 2.51. The van der Waals surface area contributed by atoms with Crippen LogP contribution in [0.5, 0.6) is 0 Å². The summed E-state index contributed by atoms with van der Waals surface area (Å²) in [7, 11) is 0. The number of aryl methyl sites for hydroxylation is 1. The van der Waals surface area contributed by atoms with E-state index in [2.05, 4.69) is 5.32 Å². The van der Waals surface area contributed by atoms with Crippen molar-refractivity contribution in [2.75, 3.05) is 13.1 Å². The Morgan fingerprint density at radius 3 is 2.42 bits per heavy atom. The van der Waals surface area contributed by atoms with Crippen molar-refractivity contribution in [2.24, 2.45) is 0 Å². The molecule has 2 unspecified atom stereocenters. The van der Waals surface area contributed by atoms with E-state index in [4.69, 9.17) is 0 Å². The van der Waals surface area contributed by atoms with E-state index in [9.17, 15) is 13.6 Å². The van der Waals surface area contributed by atoms with Gasteiger partial charge in [-0.15, -0.1) is 0 Å². The normalized spacial score (nSPS) is 23.5. The van der Waals surface area contributed by atoms with E-state index in [0.29, 0.717) is 13.1 Å². The van der Waals surface area contributed by atoms with Gasteiger partial charge < -0.3 is 10.2 Å². The predicted molar refractivity (Wildman–Crippen MR) is 69.1 cm³/mol. The van der Waals surface area contributed by atoms with Crippen LogP contribution in [0, 0.1) is 18.6 Å². The fourth-order valence-electron chi connectivity index (χ4n) is 2.51. The second kappa shape index (κ2) is 5.25. The van der Waals surface area contributed by atoms with Gasteiger partial charge in [-0.2, -0.15) is 0 Å². The van der Waals surface area contributed by atoms with Crippen molar-refractivity contribution >= 4 is 5.91 Å². The molecule has 1 aromatic rings. The summed E-state index contributed by atoms with van der Waals surface area (Å²) in [6.45, 7) is 6.52. The Labute approximate surface area is 111 Å². The van der Waals surface area contributed by atoms with Crippen molar-refractivity contribution in [3.8, 4) is 0 Å². The van der Waals surface area contributed by atoms with Crippen LogP contribution in [-0.2, 0) is 0 Å². The zero-order valence-corrected chi connectivity index (χ0v) is 11.3. The Balaban J connectivity index is 2.41. The number of carbonyl (C=O) groups is 1. The zero-order valence-electron chi connectivity index (χ0n) is 11.3. The monoisotopic (exact) mass is 268 g/mol. The number of halogens is 2. The summed E-state index contributed by atoms with van der Waals surface area (Å²) in [6, 6.07) is 2.31. The lowest BCUT2D eigenvalue weighted by molar-refractivity contribution is 0.0534. The van der Waals surface area contributed by atoms with Crippen LogP contribution in [0.1, 0.15) is 29.8 Å². The molecule has 5 heteroatoms. The molecule has 0 bridgehead atoms. The lowest BCUT2D eigenvalue weighted by Gasteiger charge is -2.39. The van der Waals surface area contributed by atoms with Gasteiger partial charge in [0.05, 0.1) is 0 Å². The van der Waals surface area contributed by atoms with Gasteiger partial charge in [0.25, 0.3) is 5.91 Å². The Bertz CT molecular complexity index is 494. The average molecular weight is 268 g/mol. The van der Waals surface area contributed by atoms with E-state index in [1.807, 2.05) is 13.8 Å². The number of hydrogen-bond donors (Lipinski definition) is 1. The molecule has 0 radical (unpaired) electrons. The Morgan fingerprint density at radius 1 is 1.26 bits per heavy atom. The fraction of sp³-hybridized carbons (Fsp3) is 0.500. The lowest BCUT2D eigenvalue weighted by Crippen LogP contribution is -2.57. The molecule has 1 aliphatic rings. The third kappa shape index (κ3) is 2.47. The van der Waals surface area contributed by atoms with Crippen molar-refractivity contribution < 1.29 is 13.6 Å². The van der Waals surface area contributed by atoms with Crippen LogP contribution >= 0.6 is 0 Å². The first-order chi connectivity index (χ1) is 8.93. The molecule has 1 aromatic carbocycles. The Morgan fingerprint density at radius 2 is 1.84 bits per heavy atom. The second-order valence-electron chi connectivity index (χ2n) is 5.12. The number of carbonyl (C=O) groups excluding carboxylic acids is 1. The van der Waals surface area contributed by atoms with Crippen LogP contribution in [0.4, 0.5) is 8.78 Å². The number of piperazine rings is 1. The van der Waals surface area contributed by atoms with E-state index < -0.39 is 23.1 Å². The largest absolute Gasteiger partial charge is 0.331 e. The minimum Gasteiger partial charge on any atom is -0.331 e. The SMILES string of the molecule is Cc1ccc(F)c(C(=O)N2C(C)CNCC2C)c1F. The standard InChI is InChI=1S/C14H18F2N2O/c1-8-4-5-11(15)12(13(8)16)14(19)18-9(2)6-17-7-10(18)3/h4-5,9-10,17H,6-7H2,1-3H3. The summed E-state index contributed by atoms with van der Waals surface area (Å²) in [5.41, 5.74) is -0.166. The lowest BCUT2D eigenvalue weighted by atomic mass is 10.0. The molecule has 1 saturated heterocycles. The maximum atomic E-state index is 14.0. The molecule has 19 heavy (non-hydrogen) atoms. The molecule has 1 amide bonds. The minimum atomic E-state index is -0.800. The van der Waals surface area contributed by atoms with Gasteiger partial charge in [-0.3, -0.25) is 4.79 Å². The van der Waals surface area contributed by atoms with Crippen LogP contribution in [-0.4, -0.2) is 36.0 Å². The molecule has 0 spiro atoms. The van der Waals surface area contributed by atoms with Gasteiger partial charge in [0.2, 0.25) is 0 Å². The number of benzene rings is 1. The summed E-state index contributed by atoms with van der Waals surface area (Å²) < 4.78 is 27.8. The van der Waals surface area contributed by atoms with E-state index >= 15 is 0 Å². The van der Waals surface area contributed by atoms with Gasteiger partial charge in [0.15, 0.2) is 0 Å². The molecule has 1 aliphatic heterocycles. The average Bonchev–Trinajstić information content (AvgIpc) is 2.34. The zero-order chi connectivity index (χ0) is 14.2. The number of hydrogen-bond acceptors (Lipinski definition) is 2. The molecule has 2 atom stereocenters. The first-order valence-corrected chi connectivity index (χ1v) is 6.41. The summed E-state index contributed by atoms with van der Waals surface area (Å²) in [6.07, 6.45) is 0. The predicted octanol–water partition coefficient (Wildman–Crippen LogP) is 2.10. The first kappa shape index (κ1) is 13.9. The maximum Gasteiger partial charge on any atom is 0.260 e. The molecule has 2 rings (SSSR count). The molecule has 3 nitrogen and oxygen atoms in total. The summed E-state index contributed by atoms with van der Waals surface area (Å²) >= 11 is 0. The second-order valence-corrected chi connectivity index (χ2v) is 5.12. The van der Waals surface area contributed by atoms with Gasteiger partial charge in [0.1, 0.15) is 17.2 Å². The smallest absolute Gasteiger partial charge is 0.260 e. The van der Waals surface area contributed by atoms with Crippen LogP contribution in [0.2, 0.25) is 0 Å². The molecule has 1 N–H and O–H groups in total. The van der Waals surface area contributed by atoms with E-state index in [-0.39, 0.29) is 17.6 Å². The highest BCUT2D eigenvalue weighted by atomic mass is 19.1. The molecule has 0 aromatic heterocycles. The van der Waals surface area contributed by atoms with Crippen LogP contribution in [0.15, 0.2) is 12.1 Å². The minimum absolute atomic E-state index is 0.0874. The molecule has 1 fully saturated rings. The van der Waals surface area contributed by atoms with Crippen molar-refractivity contribution in [3.63, 3.8) is 0 Å². The molecule has 0 saturated carbocycles. The van der Waals surface area contributed by atoms with Crippen molar-refractivity contribution in [2.45, 2.75) is 32.9 Å². The first-order valence-electron chi connectivity index (χ1n) is 6.41. The van der Waals surface area contributed by atoms with E-state index in [0.717, 1.165) is 6.07 Å². The van der Waals surface area contributed by atoms with Crippen LogP contribution in [0.3, 0.4) is 0 Å². The summed E-state index contributed by atoms with van der Waals surface area (Å²) in [4.78, 5) is 14.0. The van der Waals surface area contributed by atoms with Crippen molar-refractivity contribution in [3.05, 3.63) is 34.9 Å². The summed E-state index contributed by atoms with van der Waals surface area (Å²) in [5, 5.41) is 3.18.